The Morgan fingerprint density at radius 2 is 2.33 bits per heavy atom. The third-order valence-electron chi connectivity index (χ3n) is 2.50. The molecular formula is C12H9N3OS2. The van der Waals surface area contributed by atoms with Gasteiger partial charge in [-0.3, -0.25) is 0 Å². The first-order chi connectivity index (χ1) is 8.78. The topological polar surface area (TPSA) is 58.4 Å². The summed E-state index contributed by atoms with van der Waals surface area (Å²) in [5.74, 6) is 0.792. The Hall–Kier alpha value is -1.66. The Labute approximate surface area is 112 Å². The minimum absolute atomic E-state index is 0.0718. The summed E-state index contributed by atoms with van der Waals surface area (Å²) in [4.78, 5) is 13.2. The molecule has 0 fully saturated rings. The van der Waals surface area contributed by atoms with Gasteiger partial charge in [0, 0.05) is 23.5 Å². The van der Waals surface area contributed by atoms with E-state index in [9.17, 15) is 5.11 Å². The van der Waals surface area contributed by atoms with Crippen LogP contribution in [0.2, 0.25) is 0 Å². The van der Waals surface area contributed by atoms with Crippen LogP contribution in [0.3, 0.4) is 0 Å². The molecule has 3 rings (SSSR count). The molecule has 0 aliphatic carbocycles. The highest BCUT2D eigenvalue weighted by Crippen LogP contribution is 2.35. The van der Waals surface area contributed by atoms with Gasteiger partial charge >= 0.3 is 0 Å². The van der Waals surface area contributed by atoms with Crippen LogP contribution in [0.25, 0.3) is 11.6 Å². The van der Waals surface area contributed by atoms with E-state index in [0.717, 1.165) is 26.2 Å². The fraction of sp³-hybridized carbons (Fsp3) is 0.0833. The van der Waals surface area contributed by atoms with Crippen LogP contribution < -0.4 is 0 Å². The van der Waals surface area contributed by atoms with Gasteiger partial charge in [0.15, 0.2) is 10.2 Å². The summed E-state index contributed by atoms with van der Waals surface area (Å²) in [6.07, 6.45) is 7.31. The SMILES string of the molecule is CSc1nc(O)c(C=C2C=Nc3ncccc32)s1. The molecule has 0 aromatic carbocycles. The van der Waals surface area contributed by atoms with Crippen molar-refractivity contribution < 1.29 is 5.11 Å². The highest BCUT2D eigenvalue weighted by molar-refractivity contribution is 8.00. The van der Waals surface area contributed by atoms with E-state index in [0.29, 0.717) is 0 Å². The van der Waals surface area contributed by atoms with Crippen LogP contribution >= 0.6 is 23.1 Å². The van der Waals surface area contributed by atoms with Gasteiger partial charge in [-0.05, 0) is 24.5 Å². The molecular weight excluding hydrogens is 266 g/mol. The monoisotopic (exact) mass is 275 g/mol. The Morgan fingerprint density at radius 1 is 1.44 bits per heavy atom. The molecule has 0 saturated carbocycles. The predicted molar refractivity (Wildman–Crippen MR) is 75.8 cm³/mol. The zero-order chi connectivity index (χ0) is 12.5. The number of pyridine rings is 1. The molecule has 0 atom stereocenters. The molecule has 0 bridgehead atoms. The fourth-order valence-electron chi connectivity index (χ4n) is 1.67. The van der Waals surface area contributed by atoms with Gasteiger partial charge in [-0.25, -0.2) is 9.98 Å². The van der Waals surface area contributed by atoms with Crippen molar-refractivity contribution in [3.05, 3.63) is 28.8 Å². The Bertz CT molecular complexity index is 661. The van der Waals surface area contributed by atoms with Crippen LogP contribution in [-0.2, 0) is 0 Å². The van der Waals surface area contributed by atoms with Gasteiger partial charge in [0.2, 0.25) is 5.88 Å². The smallest absolute Gasteiger partial charge is 0.230 e. The quantitative estimate of drug-likeness (QED) is 0.855. The van der Waals surface area contributed by atoms with E-state index in [1.54, 1.807) is 12.4 Å². The maximum absolute atomic E-state index is 9.75. The van der Waals surface area contributed by atoms with Gasteiger partial charge in [-0.1, -0.05) is 11.8 Å². The first-order valence-electron chi connectivity index (χ1n) is 5.23. The van der Waals surface area contributed by atoms with E-state index >= 15 is 0 Å². The Balaban J connectivity index is 2.03. The normalized spacial score (nSPS) is 15.3. The molecule has 0 radical (unpaired) electrons. The first kappa shape index (κ1) is 11.4. The van der Waals surface area contributed by atoms with Crippen molar-refractivity contribution in [1.82, 2.24) is 9.97 Å². The molecule has 0 saturated heterocycles. The maximum Gasteiger partial charge on any atom is 0.230 e. The maximum atomic E-state index is 9.75. The van der Waals surface area contributed by atoms with Crippen LogP contribution in [0.4, 0.5) is 5.82 Å². The van der Waals surface area contributed by atoms with E-state index in [4.69, 9.17) is 0 Å². The molecule has 6 heteroatoms. The summed E-state index contributed by atoms with van der Waals surface area (Å²) >= 11 is 2.98. The number of aromatic hydroxyl groups is 1. The molecule has 1 aliphatic rings. The second-order valence-electron chi connectivity index (χ2n) is 3.60. The van der Waals surface area contributed by atoms with E-state index in [2.05, 4.69) is 15.0 Å². The number of allylic oxidation sites excluding steroid dienone is 1. The number of rotatable bonds is 2. The summed E-state index contributed by atoms with van der Waals surface area (Å²) in [5, 5.41) is 9.75. The molecule has 2 aromatic heterocycles. The molecule has 4 nitrogen and oxygen atoms in total. The number of thiazole rings is 1. The van der Waals surface area contributed by atoms with Crippen molar-refractivity contribution in [2.45, 2.75) is 4.34 Å². The van der Waals surface area contributed by atoms with Crippen molar-refractivity contribution in [3.63, 3.8) is 0 Å². The van der Waals surface area contributed by atoms with E-state index in [1.807, 2.05) is 24.5 Å². The minimum atomic E-state index is 0.0718. The standard InChI is InChI=1S/C12H9N3OS2/c1-17-12-15-11(16)9(18-12)5-7-6-14-10-8(7)3-2-4-13-10/h2-6,16H,1H3. The van der Waals surface area contributed by atoms with Gasteiger partial charge in [-0.15, -0.1) is 11.3 Å². The molecule has 0 amide bonds. The van der Waals surface area contributed by atoms with Gasteiger partial charge in [0.1, 0.15) is 0 Å². The molecule has 18 heavy (non-hydrogen) atoms. The lowest BCUT2D eigenvalue weighted by molar-refractivity contribution is 0.453. The molecule has 90 valence electrons. The third kappa shape index (κ3) is 1.93. The lowest BCUT2D eigenvalue weighted by atomic mass is 10.1. The number of aliphatic imine (C=N–C) groups is 1. The van der Waals surface area contributed by atoms with Crippen LogP contribution in [0.1, 0.15) is 10.4 Å². The lowest BCUT2D eigenvalue weighted by Gasteiger charge is -1.96. The summed E-state index contributed by atoms with van der Waals surface area (Å²) in [6.45, 7) is 0. The van der Waals surface area contributed by atoms with E-state index in [1.165, 1.54) is 23.1 Å². The van der Waals surface area contributed by atoms with Gasteiger partial charge in [0.25, 0.3) is 0 Å². The summed E-state index contributed by atoms with van der Waals surface area (Å²) in [7, 11) is 0. The van der Waals surface area contributed by atoms with Gasteiger partial charge in [-0.2, -0.15) is 4.98 Å². The minimum Gasteiger partial charge on any atom is -0.492 e. The summed E-state index contributed by atoms with van der Waals surface area (Å²) in [6, 6.07) is 3.84. The number of nitrogens with zero attached hydrogens (tertiary/aromatic N) is 3. The Kier molecular flexibility index (Phi) is 2.89. The number of thioether (sulfide) groups is 1. The van der Waals surface area contributed by atoms with E-state index in [-0.39, 0.29) is 5.88 Å². The van der Waals surface area contributed by atoms with Crippen molar-refractivity contribution >= 4 is 46.8 Å². The van der Waals surface area contributed by atoms with Crippen molar-refractivity contribution in [1.29, 1.82) is 0 Å². The predicted octanol–water partition coefficient (Wildman–Crippen LogP) is 3.22. The first-order valence-corrected chi connectivity index (χ1v) is 7.27. The summed E-state index contributed by atoms with van der Waals surface area (Å²) in [5.41, 5.74) is 1.93. The van der Waals surface area contributed by atoms with Crippen LogP contribution in [0.5, 0.6) is 5.88 Å². The van der Waals surface area contributed by atoms with Crippen molar-refractivity contribution in [2.24, 2.45) is 4.99 Å². The second-order valence-corrected chi connectivity index (χ2v) is 5.69. The number of aromatic nitrogens is 2. The van der Waals surface area contributed by atoms with Crippen molar-refractivity contribution in [3.8, 4) is 5.88 Å². The zero-order valence-electron chi connectivity index (χ0n) is 9.49. The van der Waals surface area contributed by atoms with Crippen LogP contribution in [0, 0.1) is 0 Å². The Morgan fingerprint density at radius 3 is 3.11 bits per heavy atom. The number of fused-ring (bicyclic) bond motifs is 1. The molecule has 0 unspecified atom stereocenters. The third-order valence-corrected chi connectivity index (χ3v) is 4.48. The fourth-order valence-corrected chi connectivity index (χ4v) is 3.09. The number of hydrogen-bond acceptors (Lipinski definition) is 6. The zero-order valence-corrected chi connectivity index (χ0v) is 11.1. The average Bonchev–Trinajstić information content (AvgIpc) is 2.95. The average molecular weight is 275 g/mol. The molecule has 1 aliphatic heterocycles. The van der Waals surface area contributed by atoms with Gasteiger partial charge in [0.05, 0.1) is 4.88 Å². The molecule has 3 heterocycles. The van der Waals surface area contributed by atoms with E-state index < -0.39 is 0 Å². The second kappa shape index (κ2) is 4.55. The van der Waals surface area contributed by atoms with Gasteiger partial charge < -0.3 is 5.11 Å². The summed E-state index contributed by atoms with van der Waals surface area (Å²) < 4.78 is 0.848. The highest BCUT2D eigenvalue weighted by atomic mass is 32.2. The number of hydrogen-bond donors (Lipinski definition) is 1. The molecule has 2 aromatic rings. The van der Waals surface area contributed by atoms with Crippen LogP contribution in [0.15, 0.2) is 27.7 Å². The largest absolute Gasteiger partial charge is 0.492 e. The molecule has 0 spiro atoms. The molecule has 1 N–H and O–H groups in total. The van der Waals surface area contributed by atoms with Crippen LogP contribution in [-0.4, -0.2) is 27.5 Å². The van der Waals surface area contributed by atoms with Crippen molar-refractivity contribution in [2.75, 3.05) is 6.26 Å². The highest BCUT2D eigenvalue weighted by Gasteiger charge is 2.14. The lowest BCUT2D eigenvalue weighted by Crippen LogP contribution is -1.80.